The van der Waals surface area contributed by atoms with Gasteiger partial charge in [0.25, 0.3) is 0 Å². The molecule has 88 valence electrons. The van der Waals surface area contributed by atoms with Crippen molar-refractivity contribution in [3.63, 3.8) is 0 Å². The number of hydrogen-bond donors (Lipinski definition) is 1. The zero-order valence-electron chi connectivity index (χ0n) is 9.71. The van der Waals surface area contributed by atoms with Gasteiger partial charge in [0.1, 0.15) is 17.6 Å². The van der Waals surface area contributed by atoms with Crippen molar-refractivity contribution in [3.05, 3.63) is 22.2 Å². The maximum atomic E-state index is 5.92. The first-order valence-corrected chi connectivity index (χ1v) is 6.21. The smallest absolute Gasteiger partial charge is 0.139 e. The summed E-state index contributed by atoms with van der Waals surface area (Å²) in [4.78, 5) is 0. The largest absolute Gasteiger partial charge is 0.497 e. The van der Waals surface area contributed by atoms with Gasteiger partial charge in [0.15, 0.2) is 0 Å². The number of fused-ring (bicyclic) bond motifs is 1. The second kappa shape index (κ2) is 4.63. The summed E-state index contributed by atoms with van der Waals surface area (Å²) in [6.45, 7) is 2.13. The fourth-order valence-electron chi connectivity index (χ4n) is 2.14. The van der Waals surface area contributed by atoms with Gasteiger partial charge in [-0.2, -0.15) is 0 Å². The lowest BCUT2D eigenvalue weighted by atomic mass is 10.0. The Balaban J connectivity index is 2.46. The average Bonchev–Trinajstić information content (AvgIpc) is 2.66. The minimum Gasteiger partial charge on any atom is -0.497 e. The first kappa shape index (κ1) is 11.7. The molecule has 16 heavy (non-hydrogen) atoms. The molecule has 1 N–H and O–H groups in total. The van der Waals surface area contributed by atoms with Crippen molar-refractivity contribution in [1.29, 1.82) is 0 Å². The van der Waals surface area contributed by atoms with E-state index >= 15 is 0 Å². The van der Waals surface area contributed by atoms with Crippen LogP contribution in [0.3, 0.4) is 0 Å². The van der Waals surface area contributed by atoms with Gasteiger partial charge in [0, 0.05) is 5.56 Å². The maximum absolute atomic E-state index is 5.92. The molecule has 0 spiro atoms. The number of hydrogen-bond acceptors (Lipinski definition) is 3. The summed E-state index contributed by atoms with van der Waals surface area (Å²) in [6.07, 6.45) is 1.18. The Morgan fingerprint density at radius 1 is 1.50 bits per heavy atom. The quantitative estimate of drug-likeness (QED) is 0.926. The molecule has 0 bridgehead atoms. The third kappa shape index (κ3) is 1.80. The molecule has 1 heterocycles. The summed E-state index contributed by atoms with van der Waals surface area (Å²) in [5, 5.41) is 3.30. The third-order valence-electron chi connectivity index (χ3n) is 2.97. The summed E-state index contributed by atoms with van der Waals surface area (Å²) in [5.41, 5.74) is 1.17. The molecule has 0 amide bonds. The van der Waals surface area contributed by atoms with E-state index in [-0.39, 0.29) is 12.1 Å². The second-order valence-corrected chi connectivity index (χ2v) is 4.71. The van der Waals surface area contributed by atoms with Gasteiger partial charge in [-0.3, -0.25) is 0 Å². The fraction of sp³-hybridized carbons (Fsp3) is 0.500. The Hall–Kier alpha value is -0.740. The highest BCUT2D eigenvalue weighted by Crippen LogP contribution is 2.44. The number of rotatable bonds is 3. The normalized spacial score (nSPS) is 22.8. The molecule has 0 fully saturated rings. The first-order chi connectivity index (χ1) is 7.71. The zero-order valence-corrected chi connectivity index (χ0v) is 11.3. The number of benzene rings is 1. The second-order valence-electron chi connectivity index (χ2n) is 3.86. The predicted octanol–water partition coefficient (Wildman–Crippen LogP) is 2.89. The van der Waals surface area contributed by atoms with Crippen LogP contribution in [-0.2, 0) is 0 Å². The molecule has 0 saturated heterocycles. The first-order valence-electron chi connectivity index (χ1n) is 5.42. The van der Waals surface area contributed by atoms with Gasteiger partial charge in [-0.15, -0.1) is 0 Å². The van der Waals surface area contributed by atoms with Gasteiger partial charge in [0.05, 0.1) is 17.6 Å². The highest BCUT2D eigenvalue weighted by Gasteiger charge is 2.34. The lowest BCUT2D eigenvalue weighted by Crippen LogP contribution is -2.27. The molecule has 2 rings (SSSR count). The molecule has 0 saturated carbocycles. The van der Waals surface area contributed by atoms with Crippen LogP contribution in [-0.4, -0.2) is 20.3 Å². The van der Waals surface area contributed by atoms with Crippen molar-refractivity contribution >= 4 is 15.9 Å². The summed E-state index contributed by atoms with van der Waals surface area (Å²) in [7, 11) is 3.63. The van der Waals surface area contributed by atoms with Gasteiger partial charge < -0.3 is 14.8 Å². The number of halogens is 1. The van der Waals surface area contributed by atoms with Crippen LogP contribution in [0.25, 0.3) is 0 Å². The molecule has 4 heteroatoms. The Kier molecular flexibility index (Phi) is 3.40. The van der Waals surface area contributed by atoms with E-state index in [0.717, 1.165) is 22.4 Å². The van der Waals surface area contributed by atoms with Crippen molar-refractivity contribution in [2.75, 3.05) is 14.2 Å². The Morgan fingerprint density at radius 2 is 2.25 bits per heavy atom. The van der Waals surface area contributed by atoms with E-state index in [2.05, 4.69) is 28.2 Å². The average molecular weight is 286 g/mol. The van der Waals surface area contributed by atoms with Crippen LogP contribution in [0.2, 0.25) is 0 Å². The summed E-state index contributed by atoms with van der Waals surface area (Å²) < 4.78 is 12.2. The third-order valence-corrected chi connectivity index (χ3v) is 3.56. The maximum Gasteiger partial charge on any atom is 0.139 e. The molecule has 2 unspecified atom stereocenters. The van der Waals surface area contributed by atoms with Crippen LogP contribution in [0.15, 0.2) is 16.6 Å². The highest BCUT2D eigenvalue weighted by molar-refractivity contribution is 9.10. The van der Waals surface area contributed by atoms with Crippen LogP contribution >= 0.6 is 15.9 Å². The molecule has 1 aromatic rings. The predicted molar refractivity (Wildman–Crippen MR) is 67.2 cm³/mol. The SMILES string of the molecule is CCC1Oc2c(Br)cc(OC)cc2C1NC. The van der Waals surface area contributed by atoms with Crippen molar-refractivity contribution in [2.45, 2.75) is 25.5 Å². The summed E-state index contributed by atoms with van der Waals surface area (Å²) in [6, 6.07) is 4.21. The van der Waals surface area contributed by atoms with Gasteiger partial charge >= 0.3 is 0 Å². The number of methoxy groups -OCH3 is 1. The van der Waals surface area contributed by atoms with E-state index in [1.54, 1.807) is 7.11 Å². The zero-order chi connectivity index (χ0) is 11.7. The molecule has 0 aromatic heterocycles. The van der Waals surface area contributed by atoms with Gasteiger partial charge in [-0.25, -0.2) is 0 Å². The molecular formula is C12H16BrNO2. The summed E-state index contributed by atoms with van der Waals surface area (Å²) >= 11 is 3.52. The number of likely N-dealkylation sites (N-methyl/N-ethyl adjacent to an activating group) is 1. The Labute approximate surface area is 104 Å². The Morgan fingerprint density at radius 3 is 2.81 bits per heavy atom. The minimum atomic E-state index is 0.198. The standard InChI is InChI=1S/C12H16BrNO2/c1-4-10-11(14-2)8-5-7(15-3)6-9(13)12(8)16-10/h5-6,10-11,14H,4H2,1-3H3. The molecule has 0 aliphatic carbocycles. The number of nitrogens with one attached hydrogen (secondary N) is 1. The van der Waals surface area contributed by atoms with Crippen LogP contribution < -0.4 is 14.8 Å². The van der Waals surface area contributed by atoms with Crippen molar-refractivity contribution < 1.29 is 9.47 Å². The molecule has 3 nitrogen and oxygen atoms in total. The van der Waals surface area contributed by atoms with E-state index in [0.29, 0.717) is 0 Å². The van der Waals surface area contributed by atoms with Crippen molar-refractivity contribution in [2.24, 2.45) is 0 Å². The molecule has 1 aliphatic heterocycles. The minimum absolute atomic E-state index is 0.198. The highest BCUT2D eigenvalue weighted by atomic mass is 79.9. The summed E-state index contributed by atoms with van der Waals surface area (Å²) in [5.74, 6) is 1.79. The molecule has 0 radical (unpaired) electrons. The van der Waals surface area contributed by atoms with Gasteiger partial charge in [-0.1, -0.05) is 6.92 Å². The van der Waals surface area contributed by atoms with E-state index in [1.165, 1.54) is 5.56 Å². The van der Waals surface area contributed by atoms with Crippen LogP contribution in [0.5, 0.6) is 11.5 Å². The number of ether oxygens (including phenoxy) is 2. The molecule has 2 atom stereocenters. The lowest BCUT2D eigenvalue weighted by Gasteiger charge is -2.16. The molecule has 1 aromatic carbocycles. The van der Waals surface area contributed by atoms with E-state index in [9.17, 15) is 0 Å². The van der Waals surface area contributed by atoms with Gasteiger partial charge in [0.2, 0.25) is 0 Å². The van der Waals surface area contributed by atoms with Crippen molar-refractivity contribution in [3.8, 4) is 11.5 Å². The van der Waals surface area contributed by atoms with E-state index < -0.39 is 0 Å². The van der Waals surface area contributed by atoms with Crippen LogP contribution in [0.1, 0.15) is 24.9 Å². The fourth-order valence-corrected chi connectivity index (χ4v) is 2.69. The van der Waals surface area contributed by atoms with E-state index in [1.807, 2.05) is 19.2 Å². The van der Waals surface area contributed by atoms with Crippen LogP contribution in [0, 0.1) is 0 Å². The monoisotopic (exact) mass is 285 g/mol. The van der Waals surface area contributed by atoms with Crippen LogP contribution in [0.4, 0.5) is 0 Å². The lowest BCUT2D eigenvalue weighted by molar-refractivity contribution is 0.188. The molecular weight excluding hydrogens is 270 g/mol. The van der Waals surface area contributed by atoms with Gasteiger partial charge in [-0.05, 0) is 41.5 Å². The molecule has 1 aliphatic rings. The topological polar surface area (TPSA) is 30.5 Å². The van der Waals surface area contributed by atoms with Crippen molar-refractivity contribution in [1.82, 2.24) is 5.32 Å². The van der Waals surface area contributed by atoms with E-state index in [4.69, 9.17) is 9.47 Å². The Bertz CT molecular complexity index is 395.